The zero-order valence-electron chi connectivity index (χ0n) is 6.61. The molecule has 0 rings (SSSR count). The van der Waals surface area contributed by atoms with Gasteiger partial charge in [0.25, 0.3) is 0 Å². The summed E-state index contributed by atoms with van der Waals surface area (Å²) < 4.78 is 0. The molecule has 0 saturated heterocycles. The van der Waals surface area contributed by atoms with Gasteiger partial charge in [0.2, 0.25) is 0 Å². The molecule has 0 atom stereocenters. The van der Waals surface area contributed by atoms with Gasteiger partial charge in [-0.25, -0.2) is 0 Å². The van der Waals surface area contributed by atoms with E-state index >= 15 is 0 Å². The first-order chi connectivity index (χ1) is 3.77. The summed E-state index contributed by atoms with van der Waals surface area (Å²) in [6.45, 7) is 8.32. The topological polar surface area (TPSA) is 0 Å². The number of unbranched alkanes of at least 4 members (excludes halogenated alkanes) is 2. The Morgan fingerprint density at radius 2 is 1.78 bits per heavy atom. The van der Waals surface area contributed by atoms with Crippen LogP contribution < -0.4 is 0 Å². The molecular weight excluding hydrogens is 187 g/mol. The maximum atomic E-state index is 3.78. The van der Waals surface area contributed by atoms with Crippen LogP contribution in [0, 0.1) is 12.8 Å². The molecule has 0 aliphatic heterocycles. The molecule has 0 heterocycles. The standard InChI is InChI=1S/C8H17.Zr/c1-4-5-6-7-8(2)3;/h8H,1,4-7H2,2-3H3;. The Morgan fingerprint density at radius 1 is 1.22 bits per heavy atom. The second kappa shape index (κ2) is 8.88. The molecule has 1 heteroatoms. The van der Waals surface area contributed by atoms with Gasteiger partial charge in [0.15, 0.2) is 0 Å². The van der Waals surface area contributed by atoms with Crippen LogP contribution in [-0.4, -0.2) is 0 Å². The van der Waals surface area contributed by atoms with Crippen LogP contribution in [-0.2, 0) is 26.2 Å². The Hall–Kier alpha value is 0.883. The third-order valence-corrected chi connectivity index (χ3v) is 1.28. The van der Waals surface area contributed by atoms with Gasteiger partial charge in [0, 0.05) is 26.2 Å². The van der Waals surface area contributed by atoms with Gasteiger partial charge < -0.3 is 0 Å². The van der Waals surface area contributed by atoms with Crippen molar-refractivity contribution in [3.05, 3.63) is 6.92 Å². The summed E-state index contributed by atoms with van der Waals surface area (Å²) in [5.74, 6) is 0.876. The van der Waals surface area contributed by atoms with Crippen molar-refractivity contribution in [2.75, 3.05) is 0 Å². The summed E-state index contributed by atoms with van der Waals surface area (Å²) >= 11 is 0. The van der Waals surface area contributed by atoms with Crippen molar-refractivity contribution in [2.45, 2.75) is 39.5 Å². The zero-order chi connectivity index (χ0) is 6.41. The van der Waals surface area contributed by atoms with Gasteiger partial charge in [-0.2, -0.15) is 0 Å². The second-order valence-electron chi connectivity index (χ2n) is 2.74. The van der Waals surface area contributed by atoms with E-state index in [0.717, 1.165) is 12.3 Å². The molecule has 53 valence electrons. The monoisotopic (exact) mass is 203 g/mol. The third kappa shape index (κ3) is 12.2. The summed E-state index contributed by atoms with van der Waals surface area (Å²) in [4.78, 5) is 0. The van der Waals surface area contributed by atoms with E-state index in [2.05, 4.69) is 20.8 Å². The fraction of sp³-hybridized carbons (Fsp3) is 0.875. The van der Waals surface area contributed by atoms with Crippen LogP contribution >= 0.6 is 0 Å². The molecule has 0 N–H and O–H groups in total. The van der Waals surface area contributed by atoms with Crippen LogP contribution in [0.2, 0.25) is 0 Å². The van der Waals surface area contributed by atoms with Crippen LogP contribution in [0.25, 0.3) is 0 Å². The molecule has 0 aliphatic rings. The van der Waals surface area contributed by atoms with Crippen LogP contribution in [0.3, 0.4) is 0 Å². The minimum atomic E-state index is 0. The van der Waals surface area contributed by atoms with Crippen LogP contribution in [0.4, 0.5) is 0 Å². The van der Waals surface area contributed by atoms with E-state index in [1.165, 1.54) is 19.3 Å². The summed E-state index contributed by atoms with van der Waals surface area (Å²) in [5, 5.41) is 0. The number of rotatable bonds is 4. The van der Waals surface area contributed by atoms with Crippen LogP contribution in [0.5, 0.6) is 0 Å². The number of hydrogen-bond acceptors (Lipinski definition) is 0. The van der Waals surface area contributed by atoms with Crippen molar-refractivity contribution in [1.82, 2.24) is 0 Å². The average molecular weight is 204 g/mol. The summed E-state index contributed by atoms with van der Waals surface area (Å²) in [6.07, 6.45) is 5.14. The average Bonchev–Trinajstić information content (AvgIpc) is 1.66. The molecule has 0 aromatic heterocycles. The van der Waals surface area contributed by atoms with E-state index in [0.29, 0.717) is 0 Å². The van der Waals surface area contributed by atoms with Crippen molar-refractivity contribution >= 4 is 0 Å². The molecule has 0 aromatic rings. The fourth-order valence-electron chi connectivity index (χ4n) is 0.729. The molecule has 0 unspecified atom stereocenters. The summed E-state index contributed by atoms with van der Waals surface area (Å²) in [7, 11) is 0. The Morgan fingerprint density at radius 3 is 2.11 bits per heavy atom. The van der Waals surface area contributed by atoms with Gasteiger partial charge in [-0.15, -0.1) is 0 Å². The largest absolute Gasteiger partial charge is 0.0628 e. The minimum Gasteiger partial charge on any atom is -0.0628 e. The molecule has 0 spiro atoms. The summed E-state index contributed by atoms with van der Waals surface area (Å²) in [5.41, 5.74) is 0. The maximum Gasteiger partial charge on any atom is 0 e. The third-order valence-electron chi connectivity index (χ3n) is 1.28. The van der Waals surface area contributed by atoms with Crippen molar-refractivity contribution < 1.29 is 26.2 Å². The Balaban J connectivity index is 0. The first-order valence-corrected chi connectivity index (χ1v) is 3.56. The van der Waals surface area contributed by atoms with Crippen molar-refractivity contribution in [3.63, 3.8) is 0 Å². The predicted molar refractivity (Wildman–Crippen MR) is 38.7 cm³/mol. The molecule has 0 saturated carbocycles. The van der Waals surface area contributed by atoms with E-state index in [9.17, 15) is 0 Å². The smallest absolute Gasteiger partial charge is 0 e. The fourth-order valence-corrected chi connectivity index (χ4v) is 0.729. The van der Waals surface area contributed by atoms with Gasteiger partial charge >= 0.3 is 0 Å². The summed E-state index contributed by atoms with van der Waals surface area (Å²) in [6, 6.07) is 0. The molecular formula is C8H17Zr. The predicted octanol–water partition coefficient (Wildman–Crippen LogP) is 3.03. The second-order valence-corrected chi connectivity index (χ2v) is 2.74. The molecule has 0 fully saturated rings. The Bertz CT molecular complexity index is 41.8. The van der Waals surface area contributed by atoms with E-state index in [4.69, 9.17) is 0 Å². The van der Waals surface area contributed by atoms with Gasteiger partial charge in [-0.05, 0) is 5.92 Å². The first-order valence-electron chi connectivity index (χ1n) is 3.56. The van der Waals surface area contributed by atoms with Crippen LogP contribution in [0.1, 0.15) is 39.5 Å². The van der Waals surface area contributed by atoms with Crippen molar-refractivity contribution in [3.8, 4) is 0 Å². The molecule has 9 heavy (non-hydrogen) atoms. The Labute approximate surface area is 78.5 Å². The quantitative estimate of drug-likeness (QED) is 0.618. The van der Waals surface area contributed by atoms with Crippen LogP contribution in [0.15, 0.2) is 0 Å². The Kier molecular flexibility index (Phi) is 12.4. The van der Waals surface area contributed by atoms with E-state index < -0.39 is 0 Å². The molecule has 1 radical (unpaired) electrons. The maximum absolute atomic E-state index is 3.78. The SMILES string of the molecule is [CH2]CCCCC(C)C.[Zr]. The number of hydrogen-bond donors (Lipinski definition) is 0. The van der Waals surface area contributed by atoms with E-state index in [1.54, 1.807) is 0 Å². The zero-order valence-corrected chi connectivity index (χ0v) is 9.07. The van der Waals surface area contributed by atoms with Crippen molar-refractivity contribution in [1.29, 1.82) is 0 Å². The molecule has 0 aromatic carbocycles. The van der Waals surface area contributed by atoms with E-state index in [-0.39, 0.29) is 26.2 Å². The molecule has 0 bridgehead atoms. The van der Waals surface area contributed by atoms with E-state index in [1.807, 2.05) is 0 Å². The minimum absolute atomic E-state index is 0. The van der Waals surface area contributed by atoms with Gasteiger partial charge in [-0.1, -0.05) is 46.5 Å². The van der Waals surface area contributed by atoms with Gasteiger partial charge in [0.1, 0.15) is 0 Å². The van der Waals surface area contributed by atoms with Crippen molar-refractivity contribution in [2.24, 2.45) is 5.92 Å². The van der Waals surface area contributed by atoms with Gasteiger partial charge in [-0.3, -0.25) is 0 Å². The molecule has 0 nitrogen and oxygen atoms in total. The van der Waals surface area contributed by atoms with Gasteiger partial charge in [0.05, 0.1) is 0 Å². The normalized spacial score (nSPS) is 9.33. The first kappa shape index (κ1) is 12.5. The molecule has 0 amide bonds. The molecule has 0 aliphatic carbocycles.